The van der Waals surface area contributed by atoms with Crippen LogP contribution in [0.3, 0.4) is 0 Å². The lowest BCUT2D eigenvalue weighted by Gasteiger charge is -1.83. The van der Waals surface area contributed by atoms with Gasteiger partial charge >= 0.3 is 0 Å². The van der Waals surface area contributed by atoms with Crippen LogP contribution in [-0.2, 0) is 0 Å². The molecule has 0 radical (unpaired) electrons. The average molecular weight is 145 g/mol. The third-order valence-corrected chi connectivity index (χ3v) is 1.41. The van der Waals surface area contributed by atoms with Crippen molar-refractivity contribution in [3.63, 3.8) is 0 Å². The predicted molar refractivity (Wildman–Crippen MR) is 48.3 cm³/mol. The molecule has 0 saturated heterocycles. The van der Waals surface area contributed by atoms with Gasteiger partial charge in [-0.3, -0.25) is 4.98 Å². The van der Waals surface area contributed by atoms with Crippen LogP contribution in [0.4, 0.5) is 0 Å². The Morgan fingerprint density at radius 2 is 2.36 bits per heavy atom. The monoisotopic (exact) mass is 145 g/mol. The number of hydrogen-bond acceptors (Lipinski definition) is 1. The maximum absolute atomic E-state index is 3.99. The summed E-state index contributed by atoms with van der Waals surface area (Å²) < 4.78 is 0. The van der Waals surface area contributed by atoms with Crippen LogP contribution in [0.15, 0.2) is 30.6 Å². The summed E-state index contributed by atoms with van der Waals surface area (Å²) in [5, 5.41) is 2.09. The Labute approximate surface area is 66.4 Å². The molecule has 0 N–H and O–H groups in total. The van der Waals surface area contributed by atoms with Gasteiger partial charge in [-0.05, 0) is 23.4 Å². The number of hydrogen-bond donors (Lipinski definition) is 0. The van der Waals surface area contributed by atoms with Crippen LogP contribution in [0, 0.1) is 0 Å². The molecule has 0 unspecified atom stereocenters. The lowest BCUT2D eigenvalue weighted by Crippen LogP contribution is -2.22. The number of aromatic nitrogens is 1. The molecule has 56 valence electrons. The first-order valence-corrected chi connectivity index (χ1v) is 3.56. The van der Waals surface area contributed by atoms with Crippen molar-refractivity contribution in [3.8, 4) is 0 Å². The summed E-state index contributed by atoms with van der Waals surface area (Å²) in [4.78, 5) is 3.99. The molecular weight excluding hydrogens is 134 g/mol. The van der Waals surface area contributed by atoms with E-state index in [1.807, 2.05) is 37.4 Å². The minimum atomic E-state index is 1.01. The number of rotatable bonds is 1. The molecule has 0 amide bonds. The Morgan fingerprint density at radius 1 is 1.55 bits per heavy atom. The minimum Gasteiger partial charge on any atom is -0.264 e. The first kappa shape index (κ1) is 7.73. The van der Waals surface area contributed by atoms with E-state index in [-0.39, 0.29) is 0 Å². The van der Waals surface area contributed by atoms with E-state index in [1.54, 1.807) is 6.20 Å². The van der Waals surface area contributed by atoms with Crippen molar-refractivity contribution >= 4 is 12.7 Å². The van der Waals surface area contributed by atoms with E-state index in [2.05, 4.69) is 11.6 Å². The van der Waals surface area contributed by atoms with E-state index in [4.69, 9.17) is 0 Å². The second-order valence-corrected chi connectivity index (χ2v) is 2.27. The lowest BCUT2D eigenvalue weighted by molar-refractivity contribution is 1.28. The summed E-state index contributed by atoms with van der Waals surface area (Å²) in [6.45, 7) is 5.85. The van der Waals surface area contributed by atoms with Crippen molar-refractivity contribution in [2.75, 3.05) is 0 Å². The lowest BCUT2D eigenvalue weighted by atomic mass is 10.3. The summed E-state index contributed by atoms with van der Waals surface area (Å²) in [7, 11) is 0. The van der Waals surface area contributed by atoms with Gasteiger partial charge in [-0.1, -0.05) is 24.8 Å². The first-order valence-electron chi connectivity index (χ1n) is 3.56. The van der Waals surface area contributed by atoms with E-state index in [0.29, 0.717) is 0 Å². The van der Waals surface area contributed by atoms with Crippen LogP contribution in [0.2, 0.25) is 0 Å². The molecule has 0 spiro atoms. The Morgan fingerprint density at radius 3 is 3.00 bits per heavy atom. The Kier molecular flexibility index (Phi) is 2.61. The van der Waals surface area contributed by atoms with Gasteiger partial charge in [-0.2, -0.15) is 0 Å². The third-order valence-electron chi connectivity index (χ3n) is 1.41. The van der Waals surface area contributed by atoms with Gasteiger partial charge in [-0.15, -0.1) is 0 Å². The predicted octanol–water partition coefficient (Wildman–Crippen LogP) is 0.849. The van der Waals surface area contributed by atoms with Gasteiger partial charge in [0.1, 0.15) is 0 Å². The molecular formula is C10H11N. The van der Waals surface area contributed by atoms with Crippen LogP contribution in [0.1, 0.15) is 6.92 Å². The topological polar surface area (TPSA) is 12.9 Å². The van der Waals surface area contributed by atoms with Crippen molar-refractivity contribution in [1.29, 1.82) is 0 Å². The van der Waals surface area contributed by atoms with Crippen molar-refractivity contribution in [1.82, 2.24) is 4.98 Å². The zero-order valence-corrected chi connectivity index (χ0v) is 6.62. The van der Waals surface area contributed by atoms with E-state index >= 15 is 0 Å². The van der Waals surface area contributed by atoms with Crippen molar-refractivity contribution < 1.29 is 0 Å². The summed E-state index contributed by atoms with van der Waals surface area (Å²) in [5.74, 6) is 0. The van der Waals surface area contributed by atoms with Crippen molar-refractivity contribution in [2.45, 2.75) is 6.92 Å². The highest BCUT2D eigenvalue weighted by atomic mass is 14.6. The normalized spacial score (nSPS) is 12.6. The van der Waals surface area contributed by atoms with Crippen molar-refractivity contribution in [2.24, 2.45) is 0 Å². The van der Waals surface area contributed by atoms with Crippen LogP contribution < -0.4 is 10.4 Å². The highest BCUT2D eigenvalue weighted by Gasteiger charge is 1.77. The zero-order chi connectivity index (χ0) is 8.10. The van der Waals surface area contributed by atoms with Gasteiger partial charge in [-0.25, -0.2) is 0 Å². The second-order valence-electron chi connectivity index (χ2n) is 2.27. The molecule has 1 aromatic rings. The molecule has 11 heavy (non-hydrogen) atoms. The summed E-state index contributed by atoms with van der Waals surface area (Å²) in [6, 6.07) is 1.90. The molecule has 1 nitrogen and oxygen atoms in total. The van der Waals surface area contributed by atoms with Gasteiger partial charge in [0.05, 0.1) is 0 Å². The van der Waals surface area contributed by atoms with Gasteiger partial charge in [0.25, 0.3) is 0 Å². The molecule has 1 aromatic heterocycles. The molecule has 1 rings (SSSR count). The molecule has 0 aliphatic rings. The molecule has 0 fully saturated rings. The molecule has 1 heteroatoms. The highest BCUT2D eigenvalue weighted by Crippen LogP contribution is 1.70. The quantitative estimate of drug-likeness (QED) is 0.571. The van der Waals surface area contributed by atoms with Gasteiger partial charge in [0, 0.05) is 12.4 Å². The zero-order valence-electron chi connectivity index (χ0n) is 6.62. The average Bonchev–Trinajstić information content (AvgIpc) is 2.03. The van der Waals surface area contributed by atoms with Crippen LogP contribution >= 0.6 is 0 Å². The Balaban J connectivity index is 3.24. The fourth-order valence-electron chi connectivity index (χ4n) is 0.785. The first-order chi connectivity index (χ1) is 5.34. The fraction of sp³-hybridized carbons (Fsp3) is 0.100. The van der Waals surface area contributed by atoms with E-state index < -0.39 is 0 Å². The molecule has 0 aromatic carbocycles. The van der Waals surface area contributed by atoms with E-state index in [1.165, 1.54) is 0 Å². The molecule has 0 atom stereocenters. The summed E-state index contributed by atoms with van der Waals surface area (Å²) in [5.41, 5.74) is 0. The van der Waals surface area contributed by atoms with Crippen LogP contribution in [-0.4, -0.2) is 4.98 Å². The number of pyridine rings is 1. The largest absolute Gasteiger partial charge is 0.264 e. The second kappa shape index (κ2) is 3.71. The minimum absolute atomic E-state index is 1.01. The van der Waals surface area contributed by atoms with E-state index in [0.717, 1.165) is 10.4 Å². The molecule has 1 heterocycles. The van der Waals surface area contributed by atoms with Crippen LogP contribution in [0.25, 0.3) is 12.7 Å². The van der Waals surface area contributed by atoms with E-state index in [9.17, 15) is 0 Å². The van der Waals surface area contributed by atoms with Crippen LogP contribution in [0.5, 0.6) is 0 Å². The molecule has 0 aliphatic heterocycles. The standard InChI is InChI=1S/C10H11N/c1-3-4-5-10-8-11-7-6-9(10)2/h3-8H,2H2,1H3/b4-3-,10-5-. The Hall–Kier alpha value is -1.37. The molecule has 0 aliphatic carbocycles. The fourth-order valence-corrected chi connectivity index (χ4v) is 0.785. The molecule has 0 bridgehead atoms. The summed E-state index contributed by atoms with van der Waals surface area (Å²) in [6.07, 6.45) is 9.51. The smallest absolute Gasteiger partial charge is 0.0346 e. The SMILES string of the molecule is C=c1ccnc/c1=C/C=C\C. The van der Waals surface area contributed by atoms with Gasteiger partial charge < -0.3 is 0 Å². The van der Waals surface area contributed by atoms with Crippen molar-refractivity contribution in [3.05, 3.63) is 41.0 Å². The van der Waals surface area contributed by atoms with Gasteiger partial charge in [0.15, 0.2) is 0 Å². The number of nitrogens with zero attached hydrogens (tertiary/aromatic N) is 1. The van der Waals surface area contributed by atoms with Gasteiger partial charge in [0.2, 0.25) is 0 Å². The Bertz CT molecular complexity index is 349. The number of allylic oxidation sites excluding steroid dienone is 2. The molecule has 0 saturated carbocycles. The maximum atomic E-state index is 3.99. The maximum Gasteiger partial charge on any atom is 0.0346 e. The third kappa shape index (κ3) is 2.04. The summed E-state index contributed by atoms with van der Waals surface area (Å²) >= 11 is 0. The highest BCUT2D eigenvalue weighted by molar-refractivity contribution is 5.36.